The normalized spacial score (nSPS) is 19.7. The number of para-hydroxylation sites is 1. The van der Waals surface area contributed by atoms with Crippen molar-refractivity contribution in [1.29, 1.82) is 0 Å². The predicted molar refractivity (Wildman–Crippen MR) is 102 cm³/mol. The number of benzene rings is 2. The summed E-state index contributed by atoms with van der Waals surface area (Å²) in [6.07, 6.45) is -0.813. The fraction of sp³-hybridized carbons (Fsp3) is 0.167. The summed E-state index contributed by atoms with van der Waals surface area (Å²) in [4.78, 5) is 37.4. The van der Waals surface area contributed by atoms with E-state index in [1.54, 1.807) is 30.3 Å². The van der Waals surface area contributed by atoms with E-state index in [9.17, 15) is 27.9 Å². The highest BCUT2D eigenvalue weighted by Crippen LogP contribution is 2.45. The molecule has 0 aromatic heterocycles. The quantitative estimate of drug-likeness (QED) is 0.579. The third-order valence-electron chi connectivity index (χ3n) is 4.75. The lowest BCUT2D eigenvalue weighted by atomic mass is 9.91. The molecule has 1 saturated heterocycles. The molecule has 4 rings (SSSR count). The van der Waals surface area contributed by atoms with Crippen LogP contribution in [0.4, 0.5) is 15.3 Å². The van der Waals surface area contributed by atoms with Crippen molar-refractivity contribution < 1.29 is 41.5 Å². The largest absolute Gasteiger partial charge is 0.479 e. The van der Waals surface area contributed by atoms with E-state index in [0.29, 0.717) is 10.8 Å². The Kier molecular flexibility index (Phi) is 5.00. The number of ether oxygens (including phenoxy) is 1. The van der Waals surface area contributed by atoms with Crippen LogP contribution in [0.25, 0.3) is 0 Å². The number of carboxylic acid groups (broad SMARTS) is 1. The lowest BCUT2D eigenvalue weighted by Crippen LogP contribution is -2.38. The predicted octanol–water partition coefficient (Wildman–Crippen LogP) is 1.95. The Bertz CT molecular complexity index is 1170. The molecule has 1 fully saturated rings. The van der Waals surface area contributed by atoms with Gasteiger partial charge in [0, 0.05) is 5.69 Å². The Morgan fingerprint density at radius 2 is 1.81 bits per heavy atom. The number of aliphatic carboxylic acids is 1. The molecule has 12 nitrogen and oxygen atoms in total. The molecule has 2 bridgehead atoms. The van der Waals surface area contributed by atoms with Gasteiger partial charge in [0.25, 0.3) is 0 Å². The number of nitrogens with one attached hydrogen (secondary N) is 1. The molecule has 162 valence electrons. The molecule has 2 aliphatic heterocycles. The Morgan fingerprint density at radius 3 is 2.45 bits per heavy atom. The van der Waals surface area contributed by atoms with Gasteiger partial charge in [-0.2, -0.15) is 13.5 Å². The number of anilines is 1. The van der Waals surface area contributed by atoms with Gasteiger partial charge in [0.15, 0.2) is 6.04 Å². The molecule has 0 saturated carbocycles. The zero-order chi connectivity index (χ0) is 22.3. The first-order chi connectivity index (χ1) is 14.6. The van der Waals surface area contributed by atoms with E-state index >= 15 is 0 Å². The lowest BCUT2D eigenvalue weighted by molar-refractivity contribution is -0.142. The van der Waals surface area contributed by atoms with Crippen molar-refractivity contribution >= 4 is 34.2 Å². The number of rotatable bonds is 5. The molecule has 13 heteroatoms. The number of carbonyl (C=O) groups excluding carboxylic acids is 2. The lowest BCUT2D eigenvalue weighted by Gasteiger charge is -2.30. The van der Waals surface area contributed by atoms with Gasteiger partial charge in [0.1, 0.15) is 11.8 Å². The third-order valence-corrected chi connectivity index (χ3v) is 5.10. The number of nitrogens with zero attached hydrogens (tertiary/aromatic N) is 2. The van der Waals surface area contributed by atoms with Crippen LogP contribution in [0, 0.1) is 0 Å². The van der Waals surface area contributed by atoms with Gasteiger partial charge in [-0.05, 0) is 35.4 Å². The zero-order valence-electron chi connectivity index (χ0n) is 15.5. The van der Waals surface area contributed by atoms with E-state index in [2.05, 4.69) is 9.60 Å². The average molecular weight is 449 g/mol. The van der Waals surface area contributed by atoms with Crippen LogP contribution in [0.1, 0.15) is 23.2 Å². The fourth-order valence-electron chi connectivity index (χ4n) is 3.58. The van der Waals surface area contributed by atoms with Crippen LogP contribution < -0.4 is 10.1 Å². The maximum atomic E-state index is 12.5. The molecule has 0 aliphatic carbocycles. The number of carbonyl (C=O) groups is 3. The SMILES string of the molecule is O=C(Nc1ccccc1)Oc1ccc2c(c1)[C@H]1CN(C(=O)N1OS(=O)(=O)O)C2C(=O)O. The second-order valence-corrected chi connectivity index (χ2v) is 7.70. The molecule has 2 aliphatic rings. The van der Waals surface area contributed by atoms with Crippen LogP contribution in [-0.2, 0) is 19.5 Å². The van der Waals surface area contributed by atoms with Gasteiger partial charge in [-0.1, -0.05) is 24.3 Å². The standard InChI is InChI=1S/C18H15N3O9S/c22-16(23)15-12-7-6-11(29-17(24)19-10-4-2-1-3-5-10)8-13(12)14-9-20(15)18(25)21(14)30-31(26,27)28/h1-8,14-15H,9H2,(H,19,24)(H,22,23)(H,26,27,28)/t14-,15?/m1/s1. The van der Waals surface area contributed by atoms with E-state index in [-0.39, 0.29) is 23.4 Å². The Hall–Kier alpha value is -3.68. The molecule has 2 heterocycles. The molecule has 0 spiro atoms. The van der Waals surface area contributed by atoms with Crippen LogP contribution >= 0.6 is 0 Å². The number of hydrogen-bond donors (Lipinski definition) is 3. The van der Waals surface area contributed by atoms with Crippen LogP contribution in [0.15, 0.2) is 48.5 Å². The molecule has 2 atom stereocenters. The first kappa shape index (κ1) is 20.6. The fourth-order valence-corrected chi connectivity index (χ4v) is 3.95. The molecular weight excluding hydrogens is 434 g/mol. The Labute approximate surface area is 175 Å². The maximum absolute atomic E-state index is 12.5. The summed E-state index contributed by atoms with van der Waals surface area (Å²) < 4.78 is 40.9. The first-order valence-electron chi connectivity index (χ1n) is 8.81. The Balaban J connectivity index is 1.65. The van der Waals surface area contributed by atoms with Gasteiger partial charge in [0.05, 0.1) is 6.54 Å². The van der Waals surface area contributed by atoms with Crippen LogP contribution in [-0.4, -0.2) is 52.7 Å². The molecule has 2 aromatic carbocycles. The maximum Gasteiger partial charge on any atom is 0.418 e. The number of hydrogen-bond acceptors (Lipinski definition) is 7. The summed E-state index contributed by atoms with van der Waals surface area (Å²) in [7, 11) is -5.05. The van der Waals surface area contributed by atoms with Crippen molar-refractivity contribution in [2.75, 3.05) is 11.9 Å². The number of urea groups is 1. The highest BCUT2D eigenvalue weighted by molar-refractivity contribution is 7.80. The molecule has 3 N–H and O–H groups in total. The zero-order valence-corrected chi connectivity index (χ0v) is 16.4. The summed E-state index contributed by atoms with van der Waals surface area (Å²) in [5.41, 5.74) is 0.874. The monoisotopic (exact) mass is 449 g/mol. The molecule has 31 heavy (non-hydrogen) atoms. The second-order valence-electron chi connectivity index (χ2n) is 6.69. The number of hydroxylamine groups is 2. The van der Waals surface area contributed by atoms with E-state index in [4.69, 9.17) is 9.29 Å². The topological polar surface area (TPSA) is 163 Å². The minimum atomic E-state index is -5.05. The van der Waals surface area contributed by atoms with Gasteiger partial charge in [0.2, 0.25) is 0 Å². The van der Waals surface area contributed by atoms with Gasteiger partial charge >= 0.3 is 28.5 Å². The Morgan fingerprint density at radius 1 is 1.10 bits per heavy atom. The highest BCUT2D eigenvalue weighted by Gasteiger charge is 2.52. The molecule has 2 aromatic rings. The second kappa shape index (κ2) is 7.54. The number of carboxylic acids is 1. The minimum absolute atomic E-state index is 0.0240. The summed E-state index contributed by atoms with van der Waals surface area (Å²) in [6.45, 7) is -0.210. The summed E-state index contributed by atoms with van der Waals surface area (Å²) in [6, 6.07) is 9.01. The van der Waals surface area contributed by atoms with E-state index in [1.807, 2.05) is 0 Å². The van der Waals surface area contributed by atoms with Gasteiger partial charge < -0.3 is 14.7 Å². The van der Waals surface area contributed by atoms with E-state index in [0.717, 1.165) is 4.90 Å². The molecular formula is C18H15N3O9S. The van der Waals surface area contributed by atoms with Crippen molar-refractivity contribution in [2.45, 2.75) is 12.1 Å². The molecule has 0 radical (unpaired) electrons. The van der Waals surface area contributed by atoms with Crippen molar-refractivity contribution in [2.24, 2.45) is 0 Å². The first-order valence-corrected chi connectivity index (χ1v) is 10.2. The van der Waals surface area contributed by atoms with Crippen molar-refractivity contribution in [3.63, 3.8) is 0 Å². The summed E-state index contributed by atoms with van der Waals surface area (Å²) >= 11 is 0. The third kappa shape index (κ3) is 4.01. The average Bonchev–Trinajstić information content (AvgIpc) is 2.94. The highest BCUT2D eigenvalue weighted by atomic mass is 32.3. The summed E-state index contributed by atoms with van der Waals surface area (Å²) in [5.74, 6) is -1.33. The van der Waals surface area contributed by atoms with E-state index < -0.39 is 40.6 Å². The van der Waals surface area contributed by atoms with E-state index in [1.165, 1.54) is 18.2 Å². The summed E-state index contributed by atoms with van der Waals surface area (Å²) in [5, 5.41) is 12.5. The van der Waals surface area contributed by atoms with Gasteiger partial charge in [-0.25, -0.2) is 14.4 Å². The molecule has 1 unspecified atom stereocenters. The van der Waals surface area contributed by atoms with Gasteiger partial charge in [-0.15, -0.1) is 4.28 Å². The van der Waals surface area contributed by atoms with Crippen molar-refractivity contribution in [3.8, 4) is 5.75 Å². The number of amides is 3. The van der Waals surface area contributed by atoms with Gasteiger partial charge in [-0.3, -0.25) is 9.87 Å². The van der Waals surface area contributed by atoms with Crippen LogP contribution in [0.3, 0.4) is 0 Å². The molecule has 3 amide bonds. The van der Waals surface area contributed by atoms with Crippen molar-refractivity contribution in [1.82, 2.24) is 9.96 Å². The number of fused-ring (bicyclic) bond motifs is 4. The smallest absolute Gasteiger partial charge is 0.418 e. The van der Waals surface area contributed by atoms with Crippen LogP contribution in [0.2, 0.25) is 0 Å². The van der Waals surface area contributed by atoms with Crippen LogP contribution in [0.5, 0.6) is 5.75 Å². The van der Waals surface area contributed by atoms with Crippen molar-refractivity contribution in [3.05, 3.63) is 59.7 Å². The minimum Gasteiger partial charge on any atom is -0.479 e.